The Morgan fingerprint density at radius 3 is 2.80 bits per heavy atom. The second kappa shape index (κ2) is 6.04. The third-order valence-electron chi connectivity index (χ3n) is 2.51. The van der Waals surface area contributed by atoms with Crippen molar-refractivity contribution in [1.29, 1.82) is 0 Å². The van der Waals surface area contributed by atoms with E-state index in [4.69, 9.17) is 9.63 Å². The van der Waals surface area contributed by atoms with E-state index in [1.54, 1.807) is 19.1 Å². The number of hydrogen-bond acceptors (Lipinski definition) is 4. The van der Waals surface area contributed by atoms with Crippen LogP contribution in [0.4, 0.5) is 5.69 Å². The molecule has 20 heavy (non-hydrogen) atoms. The fourth-order valence-corrected chi connectivity index (χ4v) is 1.74. The maximum Gasteiger partial charge on any atom is 0.277 e. The van der Waals surface area contributed by atoms with Gasteiger partial charge in [-0.3, -0.25) is 4.79 Å². The standard InChI is InChI=1S/C15H14N2O3/c1-10-6-12(4-3-5-18)9-13(7-10)16-15(19)14-8-11(2)20-17-14/h6-9,18H,5H2,1-2H3,(H,16,19). The number of anilines is 1. The summed E-state index contributed by atoms with van der Waals surface area (Å²) >= 11 is 0. The summed E-state index contributed by atoms with van der Waals surface area (Å²) in [6.07, 6.45) is 0. The molecule has 0 atom stereocenters. The highest BCUT2D eigenvalue weighted by Gasteiger charge is 2.11. The number of rotatable bonds is 2. The average Bonchev–Trinajstić information content (AvgIpc) is 2.82. The molecule has 102 valence electrons. The van der Waals surface area contributed by atoms with Gasteiger partial charge < -0.3 is 14.9 Å². The summed E-state index contributed by atoms with van der Waals surface area (Å²) in [6, 6.07) is 7.01. The molecule has 1 amide bonds. The number of aliphatic hydroxyl groups excluding tert-OH is 1. The van der Waals surface area contributed by atoms with Gasteiger partial charge in [0, 0.05) is 17.3 Å². The molecule has 2 aromatic rings. The number of aryl methyl sites for hydroxylation is 2. The van der Waals surface area contributed by atoms with Crippen molar-refractivity contribution < 1.29 is 14.4 Å². The molecule has 1 aromatic heterocycles. The van der Waals surface area contributed by atoms with E-state index in [0.29, 0.717) is 11.4 Å². The molecule has 0 aliphatic heterocycles. The summed E-state index contributed by atoms with van der Waals surface area (Å²) in [5.41, 5.74) is 2.54. The van der Waals surface area contributed by atoms with Crippen molar-refractivity contribution >= 4 is 11.6 Å². The van der Waals surface area contributed by atoms with Crippen LogP contribution in [0.25, 0.3) is 0 Å². The second-order valence-corrected chi connectivity index (χ2v) is 4.32. The van der Waals surface area contributed by atoms with Crippen LogP contribution in [0.2, 0.25) is 0 Å². The number of nitrogens with zero attached hydrogens (tertiary/aromatic N) is 1. The van der Waals surface area contributed by atoms with Gasteiger partial charge in [-0.25, -0.2) is 0 Å². The average molecular weight is 270 g/mol. The van der Waals surface area contributed by atoms with Gasteiger partial charge in [-0.2, -0.15) is 0 Å². The van der Waals surface area contributed by atoms with Crippen LogP contribution < -0.4 is 5.32 Å². The Kier molecular flexibility index (Phi) is 4.18. The third kappa shape index (κ3) is 3.46. The molecule has 5 nitrogen and oxygen atoms in total. The SMILES string of the molecule is Cc1cc(C#CCO)cc(NC(=O)c2cc(C)on2)c1. The van der Waals surface area contributed by atoms with Crippen molar-refractivity contribution in [2.24, 2.45) is 0 Å². The minimum Gasteiger partial charge on any atom is -0.384 e. The molecule has 1 aromatic carbocycles. The lowest BCUT2D eigenvalue weighted by Gasteiger charge is -2.05. The van der Waals surface area contributed by atoms with Crippen LogP contribution in [0.1, 0.15) is 27.4 Å². The molecule has 0 fully saturated rings. The van der Waals surface area contributed by atoms with Crippen LogP contribution in [0.15, 0.2) is 28.8 Å². The van der Waals surface area contributed by atoms with Crippen molar-refractivity contribution in [2.45, 2.75) is 13.8 Å². The lowest BCUT2D eigenvalue weighted by molar-refractivity contribution is 0.101. The summed E-state index contributed by atoms with van der Waals surface area (Å²) in [5.74, 6) is 5.62. The van der Waals surface area contributed by atoms with Crippen LogP contribution in [0, 0.1) is 25.7 Å². The van der Waals surface area contributed by atoms with Gasteiger partial charge in [0.1, 0.15) is 12.4 Å². The van der Waals surface area contributed by atoms with Crippen molar-refractivity contribution in [3.05, 3.63) is 46.8 Å². The normalized spacial score (nSPS) is 9.75. The fraction of sp³-hybridized carbons (Fsp3) is 0.200. The van der Waals surface area contributed by atoms with Gasteiger partial charge in [-0.05, 0) is 37.6 Å². The highest BCUT2D eigenvalue weighted by Crippen LogP contribution is 2.15. The van der Waals surface area contributed by atoms with Gasteiger partial charge in [0.25, 0.3) is 5.91 Å². The van der Waals surface area contributed by atoms with Crippen molar-refractivity contribution in [3.63, 3.8) is 0 Å². The van der Waals surface area contributed by atoms with Gasteiger partial charge in [0.15, 0.2) is 5.69 Å². The van der Waals surface area contributed by atoms with E-state index >= 15 is 0 Å². The molecule has 0 saturated carbocycles. The minimum absolute atomic E-state index is 0.201. The molecule has 0 saturated heterocycles. The largest absolute Gasteiger partial charge is 0.384 e. The number of aliphatic hydroxyl groups is 1. The van der Waals surface area contributed by atoms with E-state index in [-0.39, 0.29) is 18.2 Å². The van der Waals surface area contributed by atoms with E-state index in [1.165, 1.54) is 0 Å². The molecule has 0 bridgehead atoms. The minimum atomic E-state index is -0.339. The summed E-state index contributed by atoms with van der Waals surface area (Å²) in [7, 11) is 0. The molecular weight excluding hydrogens is 256 g/mol. The first kappa shape index (κ1) is 13.8. The van der Waals surface area contributed by atoms with Crippen LogP contribution in [-0.4, -0.2) is 22.8 Å². The van der Waals surface area contributed by atoms with Crippen molar-refractivity contribution in [2.75, 3.05) is 11.9 Å². The monoisotopic (exact) mass is 270 g/mol. The maximum atomic E-state index is 12.0. The number of benzene rings is 1. The van der Waals surface area contributed by atoms with Crippen LogP contribution >= 0.6 is 0 Å². The highest BCUT2D eigenvalue weighted by atomic mass is 16.5. The summed E-state index contributed by atoms with van der Waals surface area (Å²) < 4.78 is 4.86. The van der Waals surface area contributed by atoms with E-state index < -0.39 is 0 Å². The number of aromatic nitrogens is 1. The molecule has 5 heteroatoms. The van der Waals surface area contributed by atoms with Crippen LogP contribution in [0.3, 0.4) is 0 Å². The Morgan fingerprint density at radius 1 is 1.35 bits per heavy atom. The van der Waals surface area contributed by atoms with Gasteiger partial charge in [-0.15, -0.1) is 0 Å². The third-order valence-corrected chi connectivity index (χ3v) is 2.51. The molecule has 0 aliphatic carbocycles. The first-order valence-electron chi connectivity index (χ1n) is 6.04. The molecule has 0 unspecified atom stereocenters. The van der Waals surface area contributed by atoms with Crippen molar-refractivity contribution in [1.82, 2.24) is 5.16 Å². The fourth-order valence-electron chi connectivity index (χ4n) is 1.74. The summed E-state index contributed by atoms with van der Waals surface area (Å²) in [6.45, 7) is 3.42. The summed E-state index contributed by atoms with van der Waals surface area (Å²) in [4.78, 5) is 12.0. The van der Waals surface area contributed by atoms with Gasteiger partial charge in [0.05, 0.1) is 0 Å². The first-order chi connectivity index (χ1) is 9.58. The Hall–Kier alpha value is -2.58. The number of carbonyl (C=O) groups excluding carboxylic acids is 1. The Morgan fingerprint density at radius 2 is 2.15 bits per heavy atom. The molecule has 2 rings (SSSR count). The first-order valence-corrected chi connectivity index (χ1v) is 6.04. The van der Waals surface area contributed by atoms with E-state index in [9.17, 15) is 4.79 Å². The predicted octanol–water partition coefficient (Wildman–Crippen LogP) is 1.89. The number of amides is 1. The van der Waals surface area contributed by atoms with Crippen molar-refractivity contribution in [3.8, 4) is 11.8 Å². The second-order valence-electron chi connectivity index (χ2n) is 4.32. The number of hydrogen-bond donors (Lipinski definition) is 2. The number of nitrogens with one attached hydrogen (secondary N) is 1. The van der Waals surface area contributed by atoms with E-state index in [1.807, 2.05) is 19.1 Å². The predicted molar refractivity (Wildman–Crippen MR) is 74.3 cm³/mol. The topological polar surface area (TPSA) is 75.4 Å². The zero-order valence-electron chi connectivity index (χ0n) is 11.2. The smallest absolute Gasteiger partial charge is 0.277 e. The number of carbonyl (C=O) groups is 1. The molecule has 0 aliphatic rings. The van der Waals surface area contributed by atoms with Gasteiger partial charge in [0.2, 0.25) is 0 Å². The summed E-state index contributed by atoms with van der Waals surface area (Å²) in [5, 5.41) is 15.1. The zero-order valence-corrected chi connectivity index (χ0v) is 11.2. The zero-order chi connectivity index (χ0) is 14.5. The van der Waals surface area contributed by atoms with Crippen LogP contribution in [-0.2, 0) is 0 Å². The van der Waals surface area contributed by atoms with E-state index in [2.05, 4.69) is 22.3 Å². The van der Waals surface area contributed by atoms with E-state index in [0.717, 1.165) is 11.1 Å². The Bertz CT molecular complexity index is 693. The van der Waals surface area contributed by atoms with Gasteiger partial charge >= 0.3 is 0 Å². The molecule has 1 heterocycles. The Balaban J connectivity index is 2.20. The molecule has 0 radical (unpaired) electrons. The van der Waals surface area contributed by atoms with Crippen LogP contribution in [0.5, 0.6) is 0 Å². The Labute approximate surface area is 116 Å². The lowest BCUT2D eigenvalue weighted by atomic mass is 10.1. The quantitative estimate of drug-likeness (QED) is 0.817. The molecule has 2 N–H and O–H groups in total. The van der Waals surface area contributed by atoms with Gasteiger partial charge in [-0.1, -0.05) is 17.0 Å². The molecule has 0 spiro atoms. The maximum absolute atomic E-state index is 12.0. The highest BCUT2D eigenvalue weighted by molar-refractivity contribution is 6.02. The molecular formula is C15H14N2O3. The lowest BCUT2D eigenvalue weighted by Crippen LogP contribution is -2.12.